The molecular formula is C14H24BrNO2. The van der Waals surface area contributed by atoms with Gasteiger partial charge in [0, 0.05) is 17.5 Å². The van der Waals surface area contributed by atoms with Crippen molar-refractivity contribution in [3.8, 4) is 0 Å². The second kappa shape index (κ2) is 6.90. The molecule has 1 aliphatic carbocycles. The number of carbonyl (C=O) groups is 1. The number of ether oxygens (including phenoxy) is 1. The van der Waals surface area contributed by atoms with Gasteiger partial charge in [-0.05, 0) is 25.7 Å². The molecule has 4 heteroatoms. The van der Waals surface area contributed by atoms with Crippen LogP contribution in [0.5, 0.6) is 0 Å². The van der Waals surface area contributed by atoms with E-state index in [9.17, 15) is 4.79 Å². The molecule has 1 saturated carbocycles. The summed E-state index contributed by atoms with van der Waals surface area (Å²) in [6.45, 7) is 2.83. The fourth-order valence-corrected chi connectivity index (χ4v) is 3.79. The lowest BCUT2D eigenvalue weighted by molar-refractivity contribution is -0.127. The van der Waals surface area contributed by atoms with Gasteiger partial charge in [-0.25, -0.2) is 0 Å². The van der Waals surface area contributed by atoms with Gasteiger partial charge in [-0.3, -0.25) is 4.79 Å². The van der Waals surface area contributed by atoms with Crippen molar-refractivity contribution in [1.29, 1.82) is 0 Å². The molecule has 1 amide bonds. The number of rotatable bonds is 3. The van der Waals surface area contributed by atoms with Crippen molar-refractivity contribution in [2.45, 2.75) is 68.8 Å². The molecule has 3 nitrogen and oxygen atoms in total. The molecule has 18 heavy (non-hydrogen) atoms. The molecule has 0 aromatic carbocycles. The standard InChI is InChI=1S/C14H24BrNO2/c1-2-13-10(8-9-18-13)14(17)16-12-7-5-3-4-6-11(12)15/h10-13H,2-9H2,1H3,(H,16,17). The van der Waals surface area contributed by atoms with Crippen LogP contribution in [0.4, 0.5) is 0 Å². The summed E-state index contributed by atoms with van der Waals surface area (Å²) >= 11 is 3.73. The highest BCUT2D eigenvalue weighted by Gasteiger charge is 2.34. The molecule has 0 aromatic rings. The first-order valence-electron chi connectivity index (χ1n) is 7.28. The van der Waals surface area contributed by atoms with Crippen LogP contribution < -0.4 is 5.32 Å². The summed E-state index contributed by atoms with van der Waals surface area (Å²) in [7, 11) is 0. The Morgan fingerprint density at radius 3 is 2.83 bits per heavy atom. The van der Waals surface area contributed by atoms with Gasteiger partial charge in [0.2, 0.25) is 5.91 Å². The molecule has 0 spiro atoms. The van der Waals surface area contributed by atoms with E-state index in [1.807, 2.05) is 0 Å². The SMILES string of the molecule is CCC1OCCC1C(=O)NC1CCCCCC1Br. The van der Waals surface area contributed by atoms with Crippen LogP contribution in [0, 0.1) is 5.92 Å². The lowest BCUT2D eigenvalue weighted by Gasteiger charge is -2.24. The number of amides is 1. The van der Waals surface area contributed by atoms with E-state index in [0.717, 1.165) is 25.9 Å². The third-order valence-corrected chi connectivity index (χ3v) is 5.30. The van der Waals surface area contributed by atoms with Crippen LogP contribution in [0.25, 0.3) is 0 Å². The lowest BCUT2D eigenvalue weighted by atomic mass is 9.97. The normalized spacial score (nSPS) is 37.2. The minimum atomic E-state index is 0.0675. The van der Waals surface area contributed by atoms with Crippen LogP contribution in [0.2, 0.25) is 0 Å². The summed E-state index contributed by atoms with van der Waals surface area (Å²) in [4.78, 5) is 12.8. The summed E-state index contributed by atoms with van der Waals surface area (Å²) in [5, 5.41) is 3.25. The number of halogens is 1. The van der Waals surface area contributed by atoms with E-state index in [1.165, 1.54) is 25.7 Å². The highest BCUT2D eigenvalue weighted by atomic mass is 79.9. The molecule has 4 unspecified atom stereocenters. The van der Waals surface area contributed by atoms with Gasteiger partial charge in [0.25, 0.3) is 0 Å². The Kier molecular flexibility index (Phi) is 5.49. The summed E-state index contributed by atoms with van der Waals surface area (Å²) < 4.78 is 5.60. The Morgan fingerprint density at radius 2 is 2.06 bits per heavy atom. The van der Waals surface area contributed by atoms with Gasteiger partial charge in [-0.1, -0.05) is 42.1 Å². The summed E-state index contributed by atoms with van der Waals surface area (Å²) in [6.07, 6.45) is 8.00. The molecule has 4 atom stereocenters. The van der Waals surface area contributed by atoms with Crippen molar-refractivity contribution >= 4 is 21.8 Å². The number of carbonyl (C=O) groups excluding carboxylic acids is 1. The highest BCUT2D eigenvalue weighted by molar-refractivity contribution is 9.09. The van der Waals surface area contributed by atoms with E-state index in [2.05, 4.69) is 28.2 Å². The van der Waals surface area contributed by atoms with Crippen LogP contribution in [0.15, 0.2) is 0 Å². The molecule has 0 radical (unpaired) electrons. The highest BCUT2D eigenvalue weighted by Crippen LogP contribution is 2.27. The lowest BCUT2D eigenvalue weighted by Crippen LogP contribution is -2.45. The number of nitrogens with one attached hydrogen (secondary N) is 1. The average Bonchev–Trinajstić information content (AvgIpc) is 2.76. The van der Waals surface area contributed by atoms with Crippen LogP contribution in [0.3, 0.4) is 0 Å². The maximum absolute atomic E-state index is 12.3. The Balaban J connectivity index is 1.89. The van der Waals surface area contributed by atoms with Gasteiger partial charge in [-0.15, -0.1) is 0 Å². The van der Waals surface area contributed by atoms with E-state index in [0.29, 0.717) is 10.9 Å². The van der Waals surface area contributed by atoms with Gasteiger partial charge in [0.15, 0.2) is 0 Å². The van der Waals surface area contributed by atoms with E-state index in [1.54, 1.807) is 0 Å². The Hall–Kier alpha value is -0.0900. The molecule has 0 bridgehead atoms. The summed E-state index contributed by atoms with van der Waals surface area (Å²) in [5.41, 5.74) is 0. The van der Waals surface area contributed by atoms with E-state index >= 15 is 0 Å². The molecule has 1 saturated heterocycles. The van der Waals surface area contributed by atoms with Crippen LogP contribution in [0.1, 0.15) is 51.9 Å². The Bertz CT molecular complexity index is 285. The van der Waals surface area contributed by atoms with Gasteiger partial charge in [-0.2, -0.15) is 0 Å². The zero-order valence-corrected chi connectivity index (χ0v) is 12.7. The predicted octanol–water partition coefficient (Wildman–Crippen LogP) is 3.01. The zero-order chi connectivity index (χ0) is 13.0. The van der Waals surface area contributed by atoms with Gasteiger partial charge in [0.05, 0.1) is 12.0 Å². The fraction of sp³-hybridized carbons (Fsp3) is 0.929. The number of hydrogen-bond acceptors (Lipinski definition) is 2. The Morgan fingerprint density at radius 1 is 1.28 bits per heavy atom. The number of alkyl halides is 1. The first kappa shape index (κ1) is 14.3. The van der Waals surface area contributed by atoms with Crippen LogP contribution in [-0.4, -0.2) is 29.5 Å². The maximum atomic E-state index is 12.3. The van der Waals surface area contributed by atoms with Crippen molar-refractivity contribution in [3.63, 3.8) is 0 Å². The fourth-order valence-electron chi connectivity index (χ4n) is 3.07. The molecule has 104 valence electrons. The van der Waals surface area contributed by atoms with Crippen molar-refractivity contribution in [3.05, 3.63) is 0 Å². The minimum absolute atomic E-state index is 0.0675. The number of hydrogen-bond donors (Lipinski definition) is 1. The van der Waals surface area contributed by atoms with E-state index < -0.39 is 0 Å². The Labute approximate surface area is 118 Å². The molecule has 1 heterocycles. The van der Waals surface area contributed by atoms with Crippen molar-refractivity contribution in [1.82, 2.24) is 5.32 Å². The molecule has 1 aliphatic heterocycles. The molecule has 0 aromatic heterocycles. The summed E-state index contributed by atoms with van der Waals surface area (Å²) in [5.74, 6) is 0.272. The van der Waals surface area contributed by atoms with Crippen LogP contribution >= 0.6 is 15.9 Å². The largest absolute Gasteiger partial charge is 0.377 e. The van der Waals surface area contributed by atoms with Crippen molar-refractivity contribution in [2.75, 3.05) is 6.61 Å². The van der Waals surface area contributed by atoms with Crippen LogP contribution in [-0.2, 0) is 9.53 Å². The monoisotopic (exact) mass is 317 g/mol. The third kappa shape index (κ3) is 3.47. The second-order valence-corrected chi connectivity index (χ2v) is 6.66. The van der Waals surface area contributed by atoms with Gasteiger partial charge in [0.1, 0.15) is 0 Å². The van der Waals surface area contributed by atoms with Gasteiger partial charge >= 0.3 is 0 Å². The molecule has 1 N–H and O–H groups in total. The first-order chi connectivity index (χ1) is 8.72. The quantitative estimate of drug-likeness (QED) is 0.642. The van der Waals surface area contributed by atoms with Crippen molar-refractivity contribution < 1.29 is 9.53 Å². The summed E-state index contributed by atoms with van der Waals surface area (Å²) in [6, 6.07) is 0.304. The second-order valence-electron chi connectivity index (χ2n) is 5.48. The van der Waals surface area contributed by atoms with Gasteiger partial charge < -0.3 is 10.1 Å². The minimum Gasteiger partial charge on any atom is -0.377 e. The predicted molar refractivity (Wildman–Crippen MR) is 75.9 cm³/mol. The average molecular weight is 318 g/mol. The third-order valence-electron chi connectivity index (χ3n) is 4.21. The smallest absolute Gasteiger partial charge is 0.226 e. The molecule has 2 fully saturated rings. The maximum Gasteiger partial charge on any atom is 0.226 e. The van der Waals surface area contributed by atoms with E-state index in [-0.39, 0.29) is 17.9 Å². The van der Waals surface area contributed by atoms with Crippen molar-refractivity contribution in [2.24, 2.45) is 5.92 Å². The first-order valence-corrected chi connectivity index (χ1v) is 8.20. The molecular weight excluding hydrogens is 294 g/mol. The zero-order valence-electron chi connectivity index (χ0n) is 11.2. The topological polar surface area (TPSA) is 38.3 Å². The molecule has 2 aliphatic rings. The molecule has 2 rings (SSSR count). The van der Waals surface area contributed by atoms with E-state index in [4.69, 9.17) is 4.74 Å².